The number of nitrogens with two attached hydrogens (primary N) is 1. The number of alkyl halides is 3. The van der Waals surface area contributed by atoms with E-state index in [9.17, 15) is 22.8 Å². The molecule has 0 heterocycles. The van der Waals surface area contributed by atoms with E-state index < -0.39 is 29.7 Å². The third-order valence-corrected chi connectivity index (χ3v) is 2.31. The van der Waals surface area contributed by atoms with E-state index in [0.717, 1.165) is 12.1 Å². The molecule has 1 amide bonds. The van der Waals surface area contributed by atoms with Gasteiger partial charge in [-0.2, -0.15) is 13.2 Å². The number of carbonyl (C=O) groups is 2. The van der Waals surface area contributed by atoms with Crippen molar-refractivity contribution in [2.45, 2.75) is 25.6 Å². The van der Waals surface area contributed by atoms with Crippen molar-refractivity contribution in [1.29, 1.82) is 0 Å². The lowest BCUT2D eigenvalue weighted by atomic mass is 10.1. The van der Waals surface area contributed by atoms with E-state index in [0.29, 0.717) is 0 Å². The Morgan fingerprint density at radius 1 is 1.37 bits per heavy atom. The number of halogens is 3. The number of amides is 1. The molecule has 0 fully saturated rings. The molecule has 2 N–H and O–H groups in total. The van der Waals surface area contributed by atoms with Gasteiger partial charge >= 0.3 is 12.1 Å². The van der Waals surface area contributed by atoms with Crippen LogP contribution >= 0.6 is 0 Å². The number of hydrogen-bond donors (Lipinski definition) is 1. The van der Waals surface area contributed by atoms with Crippen LogP contribution in [0.15, 0.2) is 24.3 Å². The Kier molecular flexibility index (Phi) is 4.52. The van der Waals surface area contributed by atoms with Gasteiger partial charge in [-0.15, -0.1) is 0 Å². The molecule has 0 aliphatic carbocycles. The molecule has 0 unspecified atom stereocenters. The number of primary amides is 1. The SMILES string of the molecule is C[C@H](OC(=O)Cc1cccc(C(F)(F)F)c1)C(N)=O. The van der Waals surface area contributed by atoms with Crippen LogP contribution in [0, 0.1) is 0 Å². The van der Waals surface area contributed by atoms with Gasteiger partial charge in [0.1, 0.15) is 0 Å². The standard InChI is InChI=1S/C12H12F3NO3/c1-7(11(16)18)19-10(17)6-8-3-2-4-9(5-8)12(13,14)15/h2-5,7H,6H2,1H3,(H2,16,18)/t7-/m0/s1. The summed E-state index contributed by atoms with van der Waals surface area (Å²) in [7, 11) is 0. The Morgan fingerprint density at radius 3 is 2.53 bits per heavy atom. The molecule has 104 valence electrons. The molecule has 1 aromatic rings. The van der Waals surface area contributed by atoms with Crippen LogP contribution in [-0.2, 0) is 26.9 Å². The number of ether oxygens (including phenoxy) is 1. The predicted molar refractivity (Wildman–Crippen MR) is 59.9 cm³/mol. The first-order chi connectivity index (χ1) is 8.70. The van der Waals surface area contributed by atoms with Crippen molar-refractivity contribution >= 4 is 11.9 Å². The Labute approximate surface area is 107 Å². The van der Waals surface area contributed by atoms with Crippen LogP contribution in [-0.4, -0.2) is 18.0 Å². The molecular weight excluding hydrogens is 263 g/mol. The van der Waals surface area contributed by atoms with Crippen LogP contribution in [0.3, 0.4) is 0 Å². The van der Waals surface area contributed by atoms with Crippen LogP contribution in [0.5, 0.6) is 0 Å². The number of benzene rings is 1. The first-order valence-electron chi connectivity index (χ1n) is 5.35. The lowest BCUT2D eigenvalue weighted by molar-refractivity contribution is -0.153. The monoisotopic (exact) mass is 275 g/mol. The fourth-order valence-corrected chi connectivity index (χ4v) is 1.32. The highest BCUT2D eigenvalue weighted by molar-refractivity contribution is 5.82. The largest absolute Gasteiger partial charge is 0.452 e. The van der Waals surface area contributed by atoms with Crippen molar-refractivity contribution in [2.24, 2.45) is 5.73 Å². The van der Waals surface area contributed by atoms with E-state index in [4.69, 9.17) is 5.73 Å². The molecule has 0 bridgehead atoms. The summed E-state index contributed by atoms with van der Waals surface area (Å²) in [6, 6.07) is 4.32. The maximum Gasteiger partial charge on any atom is 0.416 e. The number of carbonyl (C=O) groups excluding carboxylic acids is 2. The lowest BCUT2D eigenvalue weighted by Gasteiger charge is -2.11. The molecule has 1 atom stereocenters. The van der Waals surface area contributed by atoms with Gasteiger partial charge in [0.15, 0.2) is 6.10 Å². The van der Waals surface area contributed by atoms with Crippen molar-refractivity contribution < 1.29 is 27.5 Å². The van der Waals surface area contributed by atoms with Crippen LogP contribution < -0.4 is 5.73 Å². The van der Waals surface area contributed by atoms with Crippen LogP contribution in [0.25, 0.3) is 0 Å². The summed E-state index contributed by atoms with van der Waals surface area (Å²) in [4.78, 5) is 22.0. The molecule has 0 aliphatic heterocycles. The molecule has 1 rings (SSSR count). The van der Waals surface area contributed by atoms with E-state index in [1.165, 1.54) is 19.1 Å². The van der Waals surface area contributed by atoms with Crippen LogP contribution in [0.2, 0.25) is 0 Å². The minimum atomic E-state index is -4.47. The Morgan fingerprint density at radius 2 is 2.00 bits per heavy atom. The zero-order valence-electron chi connectivity index (χ0n) is 10.0. The van der Waals surface area contributed by atoms with Gasteiger partial charge in [0.2, 0.25) is 0 Å². The fraction of sp³-hybridized carbons (Fsp3) is 0.333. The van der Waals surface area contributed by atoms with Crippen molar-refractivity contribution in [3.8, 4) is 0 Å². The summed E-state index contributed by atoms with van der Waals surface area (Å²) in [5, 5.41) is 0. The average Bonchev–Trinajstić information content (AvgIpc) is 2.27. The molecule has 19 heavy (non-hydrogen) atoms. The fourth-order valence-electron chi connectivity index (χ4n) is 1.32. The van der Waals surface area contributed by atoms with Gasteiger partial charge in [-0.25, -0.2) is 0 Å². The molecule has 0 saturated heterocycles. The summed E-state index contributed by atoms with van der Waals surface area (Å²) in [6.07, 6.45) is -5.94. The molecular formula is C12H12F3NO3. The van der Waals surface area contributed by atoms with E-state index in [1.807, 2.05) is 0 Å². The van der Waals surface area contributed by atoms with E-state index in [1.54, 1.807) is 0 Å². The van der Waals surface area contributed by atoms with Gasteiger partial charge in [0.25, 0.3) is 5.91 Å². The second-order valence-corrected chi connectivity index (χ2v) is 3.91. The highest BCUT2D eigenvalue weighted by Crippen LogP contribution is 2.29. The molecule has 1 aromatic carbocycles. The van der Waals surface area contributed by atoms with Crippen molar-refractivity contribution in [1.82, 2.24) is 0 Å². The first kappa shape index (κ1) is 15.0. The Balaban J connectivity index is 2.73. The highest BCUT2D eigenvalue weighted by atomic mass is 19.4. The third kappa shape index (κ3) is 4.61. The zero-order valence-corrected chi connectivity index (χ0v) is 10.0. The third-order valence-electron chi connectivity index (χ3n) is 2.31. The Bertz CT molecular complexity index is 485. The van der Waals surface area contributed by atoms with Crippen molar-refractivity contribution in [3.05, 3.63) is 35.4 Å². The molecule has 0 spiro atoms. The van der Waals surface area contributed by atoms with Gasteiger partial charge < -0.3 is 10.5 Å². The smallest absolute Gasteiger partial charge is 0.416 e. The summed E-state index contributed by atoms with van der Waals surface area (Å²) < 4.78 is 42.0. The highest BCUT2D eigenvalue weighted by Gasteiger charge is 2.30. The Hall–Kier alpha value is -2.05. The second-order valence-electron chi connectivity index (χ2n) is 3.91. The molecule has 0 saturated carbocycles. The van der Waals surface area contributed by atoms with Crippen LogP contribution in [0.1, 0.15) is 18.1 Å². The summed E-state index contributed by atoms with van der Waals surface area (Å²) in [5.41, 5.74) is 4.20. The minimum Gasteiger partial charge on any atom is -0.452 e. The average molecular weight is 275 g/mol. The topological polar surface area (TPSA) is 69.4 Å². The maximum atomic E-state index is 12.4. The van der Waals surface area contributed by atoms with Gasteiger partial charge in [0, 0.05) is 0 Å². The lowest BCUT2D eigenvalue weighted by Crippen LogP contribution is -2.30. The minimum absolute atomic E-state index is 0.150. The predicted octanol–water partition coefficient (Wildman–Crippen LogP) is 1.66. The molecule has 0 aromatic heterocycles. The normalized spacial score (nSPS) is 12.8. The number of hydrogen-bond acceptors (Lipinski definition) is 3. The van der Waals surface area contributed by atoms with Gasteiger partial charge in [0.05, 0.1) is 12.0 Å². The van der Waals surface area contributed by atoms with E-state index in [-0.39, 0.29) is 12.0 Å². The number of esters is 1. The second kappa shape index (κ2) is 5.73. The summed E-state index contributed by atoms with van der Waals surface area (Å²) >= 11 is 0. The van der Waals surface area contributed by atoms with Crippen LogP contribution in [0.4, 0.5) is 13.2 Å². The zero-order chi connectivity index (χ0) is 14.6. The number of rotatable bonds is 4. The maximum absolute atomic E-state index is 12.4. The first-order valence-corrected chi connectivity index (χ1v) is 5.35. The van der Waals surface area contributed by atoms with Crippen molar-refractivity contribution in [3.63, 3.8) is 0 Å². The van der Waals surface area contributed by atoms with Gasteiger partial charge in [-0.05, 0) is 18.6 Å². The molecule has 4 nitrogen and oxygen atoms in total. The van der Waals surface area contributed by atoms with Gasteiger partial charge in [-0.3, -0.25) is 9.59 Å². The molecule has 0 aliphatic rings. The quantitative estimate of drug-likeness (QED) is 0.850. The van der Waals surface area contributed by atoms with E-state index >= 15 is 0 Å². The summed E-state index contributed by atoms with van der Waals surface area (Å²) in [6.45, 7) is 1.28. The molecule has 0 radical (unpaired) electrons. The van der Waals surface area contributed by atoms with Crippen molar-refractivity contribution in [2.75, 3.05) is 0 Å². The van der Waals surface area contributed by atoms with Gasteiger partial charge in [-0.1, -0.05) is 18.2 Å². The van der Waals surface area contributed by atoms with E-state index in [2.05, 4.69) is 4.74 Å². The molecule has 7 heteroatoms. The summed E-state index contributed by atoms with van der Waals surface area (Å²) in [5.74, 6) is -1.64.